The Morgan fingerprint density at radius 1 is 1.60 bits per heavy atom. The van der Waals surface area contributed by atoms with Crippen LogP contribution in [-0.2, 0) is 9.53 Å². The fourth-order valence-electron chi connectivity index (χ4n) is 0.385. The maximum absolute atomic E-state index is 10.3. The number of rotatable bonds is 1. The standard InChI is InChI=1S/C7H9O2.Li/c1-5-7(3,4)9-6(2)8;/h2-4H3;/q-1;+1. The SMILES string of the molecule is [C-]#CC(C)(C)OC(C)=O.[Li+]. The molecule has 50 valence electrons. The molecule has 0 amide bonds. The molecule has 0 radical (unpaired) electrons. The Kier molecular flexibility index (Phi) is 5.47. The molecule has 3 heteroatoms. The molecule has 0 fully saturated rings. The third-order valence-corrected chi connectivity index (χ3v) is 0.700. The van der Waals surface area contributed by atoms with Crippen LogP contribution >= 0.6 is 0 Å². The molecule has 0 N–H and O–H groups in total. The molecule has 10 heavy (non-hydrogen) atoms. The van der Waals surface area contributed by atoms with Gasteiger partial charge in [0.2, 0.25) is 0 Å². The summed E-state index contributed by atoms with van der Waals surface area (Å²) >= 11 is 0. The van der Waals surface area contributed by atoms with Gasteiger partial charge in [-0.3, -0.25) is 4.79 Å². The zero-order valence-corrected chi connectivity index (χ0v) is 6.82. The Hall–Kier alpha value is -0.373. The zero-order chi connectivity index (χ0) is 7.49. The molecule has 0 aromatic carbocycles. The average molecular weight is 132 g/mol. The molecule has 0 heterocycles. The second-order valence-electron chi connectivity index (χ2n) is 2.23. The van der Waals surface area contributed by atoms with E-state index < -0.39 is 5.60 Å². The van der Waals surface area contributed by atoms with Crippen molar-refractivity contribution in [3.05, 3.63) is 6.42 Å². The molecule has 0 aromatic rings. The van der Waals surface area contributed by atoms with Crippen molar-refractivity contribution < 1.29 is 28.4 Å². The quantitative estimate of drug-likeness (QED) is 0.177. The van der Waals surface area contributed by atoms with Crippen LogP contribution in [0.15, 0.2) is 0 Å². The van der Waals surface area contributed by atoms with E-state index in [9.17, 15) is 4.79 Å². The largest absolute Gasteiger partial charge is 1.00 e. The van der Waals surface area contributed by atoms with Gasteiger partial charge in [-0.15, -0.1) is 0 Å². The van der Waals surface area contributed by atoms with Crippen LogP contribution in [0, 0.1) is 12.3 Å². The van der Waals surface area contributed by atoms with Crippen LogP contribution in [0.5, 0.6) is 0 Å². The van der Waals surface area contributed by atoms with Crippen molar-refractivity contribution in [2.24, 2.45) is 0 Å². The minimum Gasteiger partial charge on any atom is -0.690 e. The van der Waals surface area contributed by atoms with Gasteiger partial charge in [-0.05, 0) is 13.8 Å². The van der Waals surface area contributed by atoms with Crippen molar-refractivity contribution in [2.75, 3.05) is 0 Å². The minimum atomic E-state index is -0.869. The van der Waals surface area contributed by atoms with E-state index in [2.05, 4.69) is 10.7 Å². The first-order chi connectivity index (χ1) is 3.98. The summed E-state index contributed by atoms with van der Waals surface area (Å²) in [5, 5.41) is 0. The first-order valence-corrected chi connectivity index (χ1v) is 2.61. The third kappa shape index (κ3) is 5.76. The molecule has 0 rings (SSSR count). The van der Waals surface area contributed by atoms with E-state index in [1.807, 2.05) is 0 Å². The normalized spacial score (nSPS) is 9.00. The topological polar surface area (TPSA) is 26.3 Å². The van der Waals surface area contributed by atoms with E-state index >= 15 is 0 Å². The predicted octanol–water partition coefficient (Wildman–Crippen LogP) is -2.08. The molecular formula is C7H9LiO2. The van der Waals surface area contributed by atoms with E-state index in [0.29, 0.717) is 0 Å². The fraction of sp³-hybridized carbons (Fsp3) is 0.571. The van der Waals surface area contributed by atoms with Gasteiger partial charge in [0.15, 0.2) is 0 Å². The summed E-state index contributed by atoms with van der Waals surface area (Å²) in [6.07, 6.45) is 6.67. The van der Waals surface area contributed by atoms with Gasteiger partial charge in [0, 0.05) is 6.92 Å². The van der Waals surface area contributed by atoms with Crippen molar-refractivity contribution in [2.45, 2.75) is 26.4 Å². The summed E-state index contributed by atoms with van der Waals surface area (Å²) in [5.74, 6) is 1.69. The summed E-state index contributed by atoms with van der Waals surface area (Å²) in [5.41, 5.74) is -0.869. The Labute approximate surface area is 73.5 Å². The average Bonchev–Trinajstić information content (AvgIpc) is 1.63. The van der Waals surface area contributed by atoms with Crippen molar-refractivity contribution in [3.63, 3.8) is 0 Å². The summed E-state index contributed by atoms with van der Waals surface area (Å²) in [4.78, 5) is 10.3. The van der Waals surface area contributed by atoms with E-state index in [1.165, 1.54) is 6.92 Å². The van der Waals surface area contributed by atoms with Gasteiger partial charge in [0.25, 0.3) is 0 Å². The smallest absolute Gasteiger partial charge is 0.690 e. The number of carbonyl (C=O) groups excluding carboxylic acids is 1. The number of carbonyl (C=O) groups is 1. The van der Waals surface area contributed by atoms with Gasteiger partial charge < -0.3 is 17.1 Å². The molecule has 0 bridgehead atoms. The fourth-order valence-corrected chi connectivity index (χ4v) is 0.385. The van der Waals surface area contributed by atoms with Gasteiger partial charge in [-0.25, -0.2) is 0 Å². The van der Waals surface area contributed by atoms with Gasteiger partial charge >= 0.3 is 24.8 Å². The third-order valence-electron chi connectivity index (χ3n) is 0.700. The van der Waals surface area contributed by atoms with Crippen molar-refractivity contribution >= 4 is 5.97 Å². The molecule has 0 spiro atoms. The molecule has 0 saturated carbocycles. The van der Waals surface area contributed by atoms with E-state index in [4.69, 9.17) is 6.42 Å². The summed E-state index contributed by atoms with van der Waals surface area (Å²) in [6, 6.07) is 0. The van der Waals surface area contributed by atoms with E-state index in [0.717, 1.165) is 0 Å². The van der Waals surface area contributed by atoms with Crippen LogP contribution in [-0.4, -0.2) is 11.6 Å². The van der Waals surface area contributed by atoms with Crippen molar-refractivity contribution in [1.29, 1.82) is 0 Å². The monoisotopic (exact) mass is 132 g/mol. The Morgan fingerprint density at radius 3 is 2.10 bits per heavy atom. The Morgan fingerprint density at radius 2 is 2.00 bits per heavy atom. The molecule has 0 aliphatic heterocycles. The maximum Gasteiger partial charge on any atom is 1.00 e. The van der Waals surface area contributed by atoms with Crippen LogP contribution in [0.2, 0.25) is 0 Å². The van der Waals surface area contributed by atoms with Crippen LogP contribution in [0.25, 0.3) is 0 Å². The molecule has 0 atom stereocenters. The maximum atomic E-state index is 10.3. The first kappa shape index (κ1) is 12.3. The summed E-state index contributed by atoms with van der Waals surface area (Å²) < 4.78 is 4.65. The van der Waals surface area contributed by atoms with Gasteiger partial charge in [-0.2, -0.15) is 0 Å². The number of ether oxygens (including phenoxy) is 1. The zero-order valence-electron chi connectivity index (χ0n) is 6.82. The summed E-state index contributed by atoms with van der Waals surface area (Å²) in [6.45, 7) is 4.50. The van der Waals surface area contributed by atoms with Crippen molar-refractivity contribution in [1.82, 2.24) is 0 Å². The summed E-state index contributed by atoms with van der Waals surface area (Å²) in [7, 11) is 0. The van der Waals surface area contributed by atoms with Crippen LogP contribution in [0.3, 0.4) is 0 Å². The molecule has 0 saturated heterocycles. The molecule has 2 nitrogen and oxygen atoms in total. The molecule has 0 aliphatic carbocycles. The number of hydrogen-bond acceptors (Lipinski definition) is 2. The van der Waals surface area contributed by atoms with Crippen LogP contribution in [0.4, 0.5) is 0 Å². The van der Waals surface area contributed by atoms with Gasteiger partial charge in [-0.1, -0.05) is 0 Å². The minimum absolute atomic E-state index is 0. The molecule has 0 aliphatic rings. The van der Waals surface area contributed by atoms with Gasteiger partial charge in [0.1, 0.15) is 5.60 Å². The molecule has 0 aromatic heterocycles. The van der Waals surface area contributed by atoms with Crippen molar-refractivity contribution in [3.8, 4) is 5.92 Å². The van der Waals surface area contributed by atoms with Crippen LogP contribution in [0.1, 0.15) is 20.8 Å². The second-order valence-corrected chi connectivity index (χ2v) is 2.23. The first-order valence-electron chi connectivity index (χ1n) is 2.61. The Balaban J connectivity index is 0. The Bertz CT molecular complexity index is 155. The van der Waals surface area contributed by atoms with Crippen LogP contribution < -0.4 is 18.9 Å². The molecular weight excluding hydrogens is 123 g/mol. The predicted molar refractivity (Wildman–Crippen MR) is 33.0 cm³/mol. The van der Waals surface area contributed by atoms with E-state index in [-0.39, 0.29) is 24.8 Å². The second kappa shape index (κ2) is 4.44. The number of esters is 1. The molecule has 0 unspecified atom stereocenters. The number of hydrogen-bond donors (Lipinski definition) is 0. The van der Waals surface area contributed by atoms with Gasteiger partial charge in [0.05, 0.1) is 0 Å². The van der Waals surface area contributed by atoms with E-state index in [1.54, 1.807) is 13.8 Å².